The van der Waals surface area contributed by atoms with Gasteiger partial charge in [0.15, 0.2) is 6.29 Å². The second kappa shape index (κ2) is 17.5. The molecule has 0 bridgehead atoms. The Morgan fingerprint density at radius 3 is 1.62 bits per heavy atom. The molecule has 4 heterocycles. The highest BCUT2D eigenvalue weighted by atomic mass is 19.1. The topological polar surface area (TPSA) is 140 Å². The van der Waals surface area contributed by atoms with Crippen molar-refractivity contribution in [3.63, 3.8) is 0 Å². The fourth-order valence-electron chi connectivity index (χ4n) is 4.10. The van der Waals surface area contributed by atoms with Crippen molar-refractivity contribution in [3.8, 4) is 0 Å². The van der Waals surface area contributed by atoms with E-state index in [0.717, 1.165) is 38.8 Å². The minimum absolute atomic E-state index is 0.120. The van der Waals surface area contributed by atoms with E-state index < -0.39 is 23.1 Å². The molecule has 4 rings (SSSR count). The molecule has 0 aliphatic carbocycles. The Morgan fingerprint density at radius 2 is 1.22 bits per heavy atom. The third kappa shape index (κ3) is 15.5. The van der Waals surface area contributed by atoms with E-state index in [-0.39, 0.29) is 30.0 Å². The number of aldehydes is 1. The summed E-state index contributed by atoms with van der Waals surface area (Å²) in [5, 5.41) is 0. The van der Waals surface area contributed by atoms with Gasteiger partial charge in [-0.15, -0.1) is 0 Å². The maximum Gasteiger partial charge on any atom is 0.410 e. The van der Waals surface area contributed by atoms with Crippen LogP contribution in [0.1, 0.15) is 83.4 Å². The lowest BCUT2D eigenvalue weighted by Gasteiger charge is -2.32. The number of aromatic nitrogens is 2. The van der Waals surface area contributed by atoms with E-state index in [0.29, 0.717) is 25.1 Å². The van der Waals surface area contributed by atoms with Gasteiger partial charge < -0.3 is 25.0 Å². The van der Waals surface area contributed by atoms with E-state index in [9.17, 15) is 23.2 Å². The number of carbonyl (C=O) groups excluding carboxylic acids is 3. The van der Waals surface area contributed by atoms with Crippen LogP contribution in [0.2, 0.25) is 0 Å². The number of pyridine rings is 2. The second-order valence-electron chi connectivity index (χ2n) is 12.7. The van der Waals surface area contributed by atoms with Gasteiger partial charge in [-0.2, -0.15) is 8.78 Å². The molecule has 2 aromatic rings. The Morgan fingerprint density at radius 1 is 0.800 bits per heavy atom. The van der Waals surface area contributed by atoms with E-state index in [1.807, 2.05) is 41.5 Å². The Bertz CT molecular complexity index is 1270. The third-order valence-electron chi connectivity index (χ3n) is 6.32. The average Bonchev–Trinajstić information content (AvgIpc) is 2.96. The number of piperidine rings is 2. The highest BCUT2D eigenvalue weighted by molar-refractivity contribution is 5.77. The molecule has 2 aliphatic rings. The van der Waals surface area contributed by atoms with Crippen molar-refractivity contribution < 1.29 is 32.6 Å². The average molecular weight is 633 g/mol. The number of hydrogen-bond donors (Lipinski definition) is 1. The maximum atomic E-state index is 13.0. The molecule has 0 aromatic carbocycles. The molecule has 0 spiro atoms. The van der Waals surface area contributed by atoms with E-state index in [2.05, 4.69) is 15.0 Å². The first kappa shape index (κ1) is 37.2. The highest BCUT2D eigenvalue weighted by Gasteiger charge is 2.27. The first-order chi connectivity index (χ1) is 21.0. The van der Waals surface area contributed by atoms with Gasteiger partial charge in [0, 0.05) is 38.4 Å². The molecule has 0 radical (unpaired) electrons. The molecule has 0 atom stereocenters. The summed E-state index contributed by atoms with van der Waals surface area (Å²) in [7, 11) is 0. The molecule has 11 nitrogen and oxygen atoms in total. The normalized spacial score (nSPS) is 16.2. The van der Waals surface area contributed by atoms with Crippen LogP contribution in [0.15, 0.2) is 41.4 Å². The van der Waals surface area contributed by atoms with Crippen molar-refractivity contribution in [1.29, 1.82) is 0 Å². The smallest absolute Gasteiger partial charge is 0.410 e. The SMILES string of the molecule is CC(C)(C)OC(=O)N1CCC(N)CC1.CC(C)(C)OC(=O)N1CCC(N=Cc2cccc(F)n2)CC1.O=Cc1cccc(F)n1. The van der Waals surface area contributed by atoms with Crippen LogP contribution in [-0.2, 0) is 9.47 Å². The number of ether oxygens (including phenoxy) is 2. The predicted molar refractivity (Wildman–Crippen MR) is 167 cm³/mol. The maximum absolute atomic E-state index is 13.0. The third-order valence-corrected chi connectivity index (χ3v) is 6.32. The van der Waals surface area contributed by atoms with Crippen LogP contribution in [0.25, 0.3) is 0 Å². The summed E-state index contributed by atoms with van der Waals surface area (Å²) >= 11 is 0. The van der Waals surface area contributed by atoms with Crippen molar-refractivity contribution in [2.24, 2.45) is 10.7 Å². The van der Waals surface area contributed by atoms with E-state index >= 15 is 0 Å². The van der Waals surface area contributed by atoms with Crippen molar-refractivity contribution in [2.45, 2.75) is 90.5 Å². The summed E-state index contributed by atoms with van der Waals surface area (Å²) in [6.07, 6.45) is 4.89. The van der Waals surface area contributed by atoms with E-state index in [1.54, 1.807) is 28.1 Å². The summed E-state index contributed by atoms with van der Waals surface area (Å²) in [5.74, 6) is -1.14. The van der Waals surface area contributed by atoms with Gasteiger partial charge in [-0.1, -0.05) is 12.1 Å². The number of nitrogens with zero attached hydrogens (tertiary/aromatic N) is 5. The quantitative estimate of drug-likeness (QED) is 0.269. The molecule has 2 N–H and O–H groups in total. The molecular weight excluding hydrogens is 586 g/mol. The number of halogens is 2. The van der Waals surface area contributed by atoms with E-state index in [1.165, 1.54) is 24.3 Å². The van der Waals surface area contributed by atoms with Gasteiger partial charge in [0.25, 0.3) is 0 Å². The molecule has 2 amide bonds. The standard InChI is InChI=1S/C16H22FN3O2.C10H20N2O2.C6H4FNO/c1-16(2,3)22-15(21)20-9-7-12(8-10-20)18-11-13-5-4-6-14(17)19-13;1-10(2,3)14-9(13)12-6-4-8(11)5-7-12;7-6-3-1-2-5(4-9)8-6/h4-6,11-12H,7-10H2,1-3H3;8H,4-7,11H2,1-3H3;1-4H. The lowest BCUT2D eigenvalue weighted by Crippen LogP contribution is -2.44. The van der Waals surface area contributed by atoms with E-state index in [4.69, 9.17) is 15.2 Å². The number of carbonyl (C=O) groups is 3. The number of aliphatic imine (C=N–C) groups is 1. The summed E-state index contributed by atoms with van der Waals surface area (Å²) in [6, 6.07) is 9.06. The van der Waals surface area contributed by atoms with Crippen molar-refractivity contribution in [3.05, 3.63) is 59.7 Å². The summed E-state index contributed by atoms with van der Waals surface area (Å²) < 4.78 is 35.7. The molecule has 248 valence electrons. The predicted octanol–water partition coefficient (Wildman–Crippen LogP) is 5.42. The molecule has 0 unspecified atom stereocenters. The van der Waals surface area contributed by atoms with Crippen LogP contribution in [0.5, 0.6) is 0 Å². The van der Waals surface area contributed by atoms with Crippen LogP contribution in [-0.4, -0.2) is 93.9 Å². The Hall–Kier alpha value is -4.00. The molecule has 13 heteroatoms. The Balaban J connectivity index is 0.000000261. The number of hydrogen-bond acceptors (Lipinski definition) is 9. The van der Waals surface area contributed by atoms with Crippen molar-refractivity contribution >= 4 is 24.7 Å². The number of likely N-dealkylation sites (tertiary alicyclic amines) is 2. The lowest BCUT2D eigenvalue weighted by molar-refractivity contribution is 0.0196. The molecular formula is C32H46F2N6O5. The van der Waals surface area contributed by atoms with Gasteiger partial charge in [-0.25, -0.2) is 19.6 Å². The van der Waals surface area contributed by atoms with Crippen LogP contribution < -0.4 is 5.73 Å². The molecule has 2 aliphatic heterocycles. The zero-order chi connectivity index (χ0) is 33.6. The van der Waals surface area contributed by atoms with Gasteiger partial charge in [-0.05, 0) is 91.5 Å². The van der Waals surface area contributed by atoms with Crippen molar-refractivity contribution in [2.75, 3.05) is 26.2 Å². The number of rotatable bonds is 3. The molecule has 2 aromatic heterocycles. The Labute approximate surface area is 264 Å². The molecule has 45 heavy (non-hydrogen) atoms. The van der Waals surface area contributed by atoms with Gasteiger partial charge in [0.05, 0.1) is 11.7 Å². The second-order valence-corrected chi connectivity index (χ2v) is 12.7. The fraction of sp³-hybridized carbons (Fsp3) is 0.562. The zero-order valence-corrected chi connectivity index (χ0v) is 27.0. The highest BCUT2D eigenvalue weighted by Crippen LogP contribution is 2.17. The van der Waals surface area contributed by atoms with Gasteiger partial charge in [0.2, 0.25) is 11.9 Å². The largest absolute Gasteiger partial charge is 0.444 e. The van der Waals surface area contributed by atoms with Gasteiger partial charge >= 0.3 is 12.2 Å². The number of amides is 2. The lowest BCUT2D eigenvalue weighted by atomic mass is 10.1. The minimum Gasteiger partial charge on any atom is -0.444 e. The van der Waals surface area contributed by atoms with Crippen molar-refractivity contribution in [1.82, 2.24) is 19.8 Å². The summed E-state index contributed by atoms with van der Waals surface area (Å²) in [4.78, 5) is 48.3. The first-order valence-electron chi connectivity index (χ1n) is 15.0. The van der Waals surface area contributed by atoms with Gasteiger partial charge in [-0.3, -0.25) is 9.79 Å². The Kier molecular flexibility index (Phi) is 14.4. The van der Waals surface area contributed by atoms with Gasteiger partial charge in [0.1, 0.15) is 16.9 Å². The van der Waals surface area contributed by atoms with Crippen LogP contribution in [0.3, 0.4) is 0 Å². The monoisotopic (exact) mass is 632 g/mol. The minimum atomic E-state index is -0.625. The number of nitrogens with two attached hydrogens (primary N) is 1. The molecule has 2 saturated heterocycles. The molecule has 0 saturated carbocycles. The summed E-state index contributed by atoms with van der Waals surface area (Å²) in [5.41, 5.74) is 5.49. The fourth-order valence-corrected chi connectivity index (χ4v) is 4.10. The van der Waals surface area contributed by atoms with Crippen LogP contribution >= 0.6 is 0 Å². The molecule has 2 fully saturated rings. The summed E-state index contributed by atoms with van der Waals surface area (Å²) in [6.45, 7) is 13.9. The van der Waals surface area contributed by atoms with Crippen LogP contribution in [0, 0.1) is 11.9 Å². The van der Waals surface area contributed by atoms with Crippen LogP contribution in [0.4, 0.5) is 18.4 Å². The zero-order valence-electron chi connectivity index (χ0n) is 27.0. The first-order valence-corrected chi connectivity index (χ1v) is 15.0.